The maximum atomic E-state index is 12.3. The van der Waals surface area contributed by atoms with E-state index < -0.39 is 17.9 Å². The van der Waals surface area contributed by atoms with Crippen LogP contribution in [0.25, 0.3) is 11.1 Å². The first-order valence-corrected chi connectivity index (χ1v) is 11.0. The number of methoxy groups -OCH3 is 1. The van der Waals surface area contributed by atoms with Crippen LogP contribution in [-0.2, 0) is 25.5 Å². The predicted molar refractivity (Wildman–Crippen MR) is 122 cm³/mol. The second-order valence-corrected chi connectivity index (χ2v) is 7.94. The maximum absolute atomic E-state index is 12.3. The summed E-state index contributed by atoms with van der Waals surface area (Å²) in [5, 5.41) is 11.9. The second-order valence-electron chi connectivity index (χ2n) is 7.50. The Morgan fingerprint density at radius 3 is 1.94 bits per heavy atom. The zero-order chi connectivity index (χ0) is 23.3. The standard InChI is InChI=1S/C24H29ClN2O5/c1-32-24(30)21(26-22(28)6-4-2-3-5-7-23(29)27-31)16-17-8-10-18(11-9-17)19-12-14-20(25)15-13-19/h8-15,21,31H,2-7,16H2,1H3,(H,26,28)(H,27,29)/t21-/m0/s1. The monoisotopic (exact) mass is 460 g/mol. The van der Waals surface area contributed by atoms with Gasteiger partial charge in [-0.2, -0.15) is 0 Å². The molecule has 2 amide bonds. The van der Waals surface area contributed by atoms with Crippen LogP contribution in [0.5, 0.6) is 0 Å². The number of unbranched alkanes of at least 4 members (excludes halogenated alkanes) is 3. The van der Waals surface area contributed by atoms with Crippen LogP contribution >= 0.6 is 11.6 Å². The van der Waals surface area contributed by atoms with Crippen LogP contribution in [0.15, 0.2) is 48.5 Å². The van der Waals surface area contributed by atoms with Gasteiger partial charge < -0.3 is 10.1 Å². The van der Waals surface area contributed by atoms with E-state index in [0.29, 0.717) is 24.3 Å². The Labute approximate surface area is 193 Å². The minimum absolute atomic E-state index is 0.216. The second kappa shape index (κ2) is 13.5. The first kappa shape index (κ1) is 25.4. The van der Waals surface area contributed by atoms with Gasteiger partial charge in [0.1, 0.15) is 6.04 Å². The molecule has 2 aromatic rings. The third-order valence-electron chi connectivity index (χ3n) is 5.07. The van der Waals surface area contributed by atoms with Crippen molar-refractivity contribution in [1.82, 2.24) is 10.8 Å². The predicted octanol–water partition coefficient (Wildman–Crippen LogP) is 4.05. The van der Waals surface area contributed by atoms with Crippen molar-refractivity contribution in [3.63, 3.8) is 0 Å². The number of rotatable bonds is 12. The fourth-order valence-corrected chi connectivity index (χ4v) is 3.42. The molecule has 2 rings (SSSR count). The Bertz CT molecular complexity index is 884. The van der Waals surface area contributed by atoms with E-state index in [0.717, 1.165) is 29.5 Å². The fraction of sp³-hybridized carbons (Fsp3) is 0.375. The summed E-state index contributed by atoms with van der Waals surface area (Å²) in [5.74, 6) is -1.12. The first-order valence-electron chi connectivity index (χ1n) is 10.6. The summed E-state index contributed by atoms with van der Waals surface area (Å²) >= 11 is 5.94. The van der Waals surface area contributed by atoms with Crippen molar-refractivity contribution in [2.24, 2.45) is 0 Å². The molecule has 0 aliphatic carbocycles. The van der Waals surface area contributed by atoms with Crippen molar-refractivity contribution in [1.29, 1.82) is 0 Å². The van der Waals surface area contributed by atoms with Crippen molar-refractivity contribution in [2.75, 3.05) is 7.11 Å². The van der Waals surface area contributed by atoms with Gasteiger partial charge in [-0.05, 0) is 41.7 Å². The summed E-state index contributed by atoms with van der Waals surface area (Å²) in [6, 6.07) is 14.6. The van der Waals surface area contributed by atoms with Crippen LogP contribution in [-0.4, -0.2) is 36.1 Å². The quantitative estimate of drug-likeness (QED) is 0.192. The molecular weight excluding hydrogens is 432 g/mol. The van der Waals surface area contributed by atoms with E-state index >= 15 is 0 Å². The highest BCUT2D eigenvalue weighted by atomic mass is 35.5. The van der Waals surface area contributed by atoms with E-state index in [-0.39, 0.29) is 18.7 Å². The van der Waals surface area contributed by atoms with E-state index in [2.05, 4.69) is 5.32 Å². The van der Waals surface area contributed by atoms with Gasteiger partial charge in [0, 0.05) is 24.3 Å². The molecular formula is C24H29ClN2O5. The molecule has 1 atom stereocenters. The van der Waals surface area contributed by atoms with Gasteiger partial charge in [0.05, 0.1) is 7.11 Å². The molecule has 0 aliphatic rings. The third kappa shape index (κ3) is 8.69. The SMILES string of the molecule is COC(=O)[C@H](Cc1ccc(-c2ccc(Cl)cc2)cc1)NC(=O)CCCCCCC(=O)NO. The van der Waals surface area contributed by atoms with Gasteiger partial charge in [-0.1, -0.05) is 60.8 Å². The molecule has 0 bridgehead atoms. The summed E-state index contributed by atoms with van der Waals surface area (Å²) in [5.41, 5.74) is 4.56. The number of nitrogens with one attached hydrogen (secondary N) is 2. The molecule has 0 heterocycles. The minimum Gasteiger partial charge on any atom is -0.467 e. The van der Waals surface area contributed by atoms with Crippen molar-refractivity contribution in [3.05, 3.63) is 59.1 Å². The number of carbonyl (C=O) groups excluding carboxylic acids is 3. The van der Waals surface area contributed by atoms with Gasteiger partial charge in [0.2, 0.25) is 11.8 Å². The van der Waals surface area contributed by atoms with E-state index in [4.69, 9.17) is 21.5 Å². The molecule has 0 radical (unpaired) electrons. The van der Waals surface area contributed by atoms with Gasteiger partial charge in [0.25, 0.3) is 0 Å². The lowest BCUT2D eigenvalue weighted by molar-refractivity contribution is -0.145. The molecule has 0 aliphatic heterocycles. The molecule has 2 aromatic carbocycles. The van der Waals surface area contributed by atoms with Crippen LogP contribution in [0.1, 0.15) is 44.1 Å². The number of hydroxylamine groups is 1. The lowest BCUT2D eigenvalue weighted by Gasteiger charge is -2.17. The summed E-state index contributed by atoms with van der Waals surface area (Å²) in [4.78, 5) is 35.4. The molecule has 0 saturated carbocycles. The van der Waals surface area contributed by atoms with Crippen LogP contribution in [0.3, 0.4) is 0 Å². The lowest BCUT2D eigenvalue weighted by atomic mass is 10.0. The molecule has 8 heteroatoms. The summed E-state index contributed by atoms with van der Waals surface area (Å²) < 4.78 is 4.86. The van der Waals surface area contributed by atoms with E-state index in [9.17, 15) is 14.4 Å². The van der Waals surface area contributed by atoms with Gasteiger partial charge in [-0.25, -0.2) is 10.3 Å². The lowest BCUT2D eigenvalue weighted by Crippen LogP contribution is -2.43. The van der Waals surface area contributed by atoms with Crippen molar-refractivity contribution in [2.45, 2.75) is 51.0 Å². The highest BCUT2D eigenvalue weighted by Crippen LogP contribution is 2.22. The van der Waals surface area contributed by atoms with Gasteiger partial charge >= 0.3 is 5.97 Å². The highest BCUT2D eigenvalue weighted by molar-refractivity contribution is 6.30. The largest absolute Gasteiger partial charge is 0.467 e. The molecule has 0 unspecified atom stereocenters. The van der Waals surface area contributed by atoms with E-state index in [1.54, 1.807) is 5.48 Å². The third-order valence-corrected chi connectivity index (χ3v) is 5.33. The van der Waals surface area contributed by atoms with Gasteiger partial charge in [-0.3, -0.25) is 14.8 Å². The molecule has 0 saturated heterocycles. The molecule has 3 N–H and O–H groups in total. The summed E-state index contributed by atoms with van der Waals surface area (Å²) in [6.07, 6.45) is 3.72. The first-order chi connectivity index (χ1) is 15.4. The number of ether oxygens (including phenoxy) is 1. The van der Waals surface area contributed by atoms with Gasteiger partial charge in [0.15, 0.2) is 0 Å². The number of esters is 1. The highest BCUT2D eigenvalue weighted by Gasteiger charge is 2.21. The number of amides is 2. The maximum Gasteiger partial charge on any atom is 0.328 e. The minimum atomic E-state index is -0.762. The molecule has 7 nitrogen and oxygen atoms in total. The number of benzene rings is 2. The van der Waals surface area contributed by atoms with Crippen LogP contribution in [0.4, 0.5) is 0 Å². The molecule has 0 aromatic heterocycles. The molecule has 0 fully saturated rings. The zero-order valence-corrected chi connectivity index (χ0v) is 18.9. The van der Waals surface area contributed by atoms with E-state index in [1.165, 1.54) is 7.11 Å². The average Bonchev–Trinajstić information content (AvgIpc) is 2.81. The summed E-state index contributed by atoms with van der Waals surface area (Å²) in [6.45, 7) is 0. The van der Waals surface area contributed by atoms with E-state index in [1.807, 2.05) is 48.5 Å². The van der Waals surface area contributed by atoms with Gasteiger partial charge in [-0.15, -0.1) is 0 Å². The van der Waals surface area contributed by atoms with Crippen molar-refractivity contribution >= 4 is 29.4 Å². The summed E-state index contributed by atoms with van der Waals surface area (Å²) in [7, 11) is 1.30. The van der Waals surface area contributed by atoms with Crippen LogP contribution < -0.4 is 10.8 Å². The Balaban J connectivity index is 1.84. The smallest absolute Gasteiger partial charge is 0.328 e. The topological polar surface area (TPSA) is 105 Å². The fourth-order valence-electron chi connectivity index (χ4n) is 3.29. The van der Waals surface area contributed by atoms with Crippen LogP contribution in [0, 0.1) is 0 Å². The van der Waals surface area contributed by atoms with Crippen molar-refractivity contribution < 1.29 is 24.3 Å². The molecule has 172 valence electrons. The van der Waals surface area contributed by atoms with Crippen LogP contribution in [0.2, 0.25) is 5.02 Å². The zero-order valence-electron chi connectivity index (χ0n) is 18.1. The molecule has 32 heavy (non-hydrogen) atoms. The average molecular weight is 461 g/mol. The molecule has 0 spiro atoms. The number of hydrogen-bond acceptors (Lipinski definition) is 5. The normalized spacial score (nSPS) is 11.5. The Kier molecular flexibility index (Phi) is 10.7. The Morgan fingerprint density at radius 2 is 1.41 bits per heavy atom. The number of halogens is 1. The Morgan fingerprint density at radius 1 is 0.875 bits per heavy atom. The Hall–Kier alpha value is -2.90. The number of carbonyl (C=O) groups is 3. The van der Waals surface area contributed by atoms with Crippen molar-refractivity contribution in [3.8, 4) is 11.1 Å². The number of hydrogen-bond donors (Lipinski definition) is 3.